The van der Waals surface area contributed by atoms with Crippen LogP contribution in [0.25, 0.3) is 0 Å². The molecule has 0 saturated carbocycles. The van der Waals surface area contributed by atoms with Crippen molar-refractivity contribution in [1.82, 2.24) is 4.31 Å². The first kappa shape index (κ1) is 27.7. The molecule has 3 aromatic rings. The van der Waals surface area contributed by atoms with Crippen LogP contribution >= 0.6 is 0 Å². The second-order valence-electron chi connectivity index (χ2n) is 8.97. The monoisotopic (exact) mass is 553 g/mol. The molecule has 0 amide bonds. The fourth-order valence-electron chi connectivity index (χ4n) is 4.24. The summed E-state index contributed by atoms with van der Waals surface area (Å²) in [5, 5.41) is 0. The van der Waals surface area contributed by atoms with Gasteiger partial charge >= 0.3 is 6.18 Å². The molecular formula is C27H24F5NO4S. The lowest BCUT2D eigenvalue weighted by molar-refractivity contribution is -0.137. The minimum absolute atomic E-state index is 0.0384. The molecule has 5 nitrogen and oxygen atoms in total. The molecule has 0 radical (unpaired) electrons. The van der Waals surface area contributed by atoms with Gasteiger partial charge in [-0.2, -0.15) is 17.5 Å². The van der Waals surface area contributed by atoms with E-state index in [-0.39, 0.29) is 30.8 Å². The number of nitrogens with zero attached hydrogens (tertiary/aromatic N) is 1. The van der Waals surface area contributed by atoms with E-state index in [9.17, 15) is 35.2 Å². The van der Waals surface area contributed by atoms with Crippen LogP contribution in [0.2, 0.25) is 0 Å². The molecule has 0 aliphatic carbocycles. The maximum atomic E-state index is 14.2. The van der Waals surface area contributed by atoms with Crippen LogP contribution in [-0.4, -0.2) is 37.3 Å². The Morgan fingerprint density at radius 3 is 2.32 bits per heavy atom. The van der Waals surface area contributed by atoms with Crippen molar-refractivity contribution >= 4 is 15.8 Å². The number of rotatable bonds is 9. The second kappa shape index (κ2) is 11.2. The van der Waals surface area contributed by atoms with Crippen LogP contribution < -0.4 is 4.74 Å². The topological polar surface area (TPSA) is 63.7 Å². The van der Waals surface area contributed by atoms with E-state index >= 15 is 0 Å². The standard InChI is InChI=1S/C27H24F5NO4S/c28-21-9-11-24(12-10-21)38(35,36)33-16-22(29)15-25(33)26(34)13-6-18-2-1-3-23(14-18)37-17-19-4-7-20(8-5-19)27(30,31)32/h1-5,7-12,14,22,25H,6,13,15-17H2/t22-,25+/m1/s1. The van der Waals surface area contributed by atoms with E-state index in [1.54, 1.807) is 24.3 Å². The predicted octanol–water partition coefficient (Wildman–Crippen LogP) is 5.73. The molecule has 2 atom stereocenters. The number of benzene rings is 3. The van der Waals surface area contributed by atoms with Gasteiger partial charge in [-0.1, -0.05) is 24.3 Å². The fourth-order valence-corrected chi connectivity index (χ4v) is 5.89. The van der Waals surface area contributed by atoms with E-state index in [0.29, 0.717) is 16.9 Å². The molecule has 0 unspecified atom stereocenters. The van der Waals surface area contributed by atoms with Crippen molar-refractivity contribution in [3.63, 3.8) is 0 Å². The third-order valence-electron chi connectivity index (χ3n) is 6.24. The number of halogens is 5. The van der Waals surface area contributed by atoms with Gasteiger partial charge < -0.3 is 4.74 Å². The Morgan fingerprint density at radius 2 is 1.66 bits per heavy atom. The van der Waals surface area contributed by atoms with Crippen molar-refractivity contribution in [2.75, 3.05) is 6.54 Å². The number of alkyl halides is 4. The summed E-state index contributed by atoms with van der Waals surface area (Å²) >= 11 is 0. The highest BCUT2D eigenvalue weighted by molar-refractivity contribution is 7.89. The summed E-state index contributed by atoms with van der Waals surface area (Å²) in [6, 6.07) is 14.4. The van der Waals surface area contributed by atoms with Gasteiger partial charge in [0.2, 0.25) is 10.0 Å². The van der Waals surface area contributed by atoms with E-state index in [4.69, 9.17) is 4.74 Å². The third-order valence-corrected chi connectivity index (χ3v) is 8.13. The van der Waals surface area contributed by atoms with Crippen molar-refractivity contribution < 1.29 is 39.9 Å². The van der Waals surface area contributed by atoms with Gasteiger partial charge in [0.25, 0.3) is 0 Å². The van der Waals surface area contributed by atoms with Gasteiger partial charge in [0, 0.05) is 19.4 Å². The number of carbonyl (C=O) groups excluding carboxylic acids is 1. The summed E-state index contributed by atoms with van der Waals surface area (Å²) in [6.07, 6.45) is -5.98. The van der Waals surface area contributed by atoms with Crippen molar-refractivity contribution in [3.8, 4) is 5.75 Å². The number of sulfonamides is 1. The van der Waals surface area contributed by atoms with Crippen LogP contribution in [0.3, 0.4) is 0 Å². The lowest BCUT2D eigenvalue weighted by Gasteiger charge is -2.23. The van der Waals surface area contributed by atoms with Crippen LogP contribution in [-0.2, 0) is 34.0 Å². The number of ketones is 1. The fraction of sp³-hybridized carbons (Fsp3) is 0.296. The molecule has 11 heteroatoms. The Kier molecular flexibility index (Phi) is 8.17. The molecule has 4 rings (SSSR count). The van der Waals surface area contributed by atoms with Gasteiger partial charge in [-0.25, -0.2) is 17.2 Å². The second-order valence-corrected chi connectivity index (χ2v) is 10.9. The molecule has 1 fully saturated rings. The quantitative estimate of drug-likeness (QED) is 0.318. The summed E-state index contributed by atoms with van der Waals surface area (Å²) in [5.74, 6) is -0.612. The van der Waals surface area contributed by atoms with Crippen molar-refractivity contribution in [1.29, 1.82) is 0 Å². The third kappa shape index (κ3) is 6.57. The molecule has 3 aromatic carbocycles. The molecule has 202 valence electrons. The zero-order valence-electron chi connectivity index (χ0n) is 20.0. The van der Waals surface area contributed by atoms with Crippen LogP contribution in [0.4, 0.5) is 22.0 Å². The maximum Gasteiger partial charge on any atom is 0.416 e. The highest BCUT2D eigenvalue weighted by atomic mass is 32.2. The Labute approximate surface area is 216 Å². The highest BCUT2D eigenvalue weighted by Gasteiger charge is 2.43. The SMILES string of the molecule is O=C(CCc1cccc(OCc2ccc(C(F)(F)F)cc2)c1)[C@@H]1C[C@@H](F)CN1S(=O)(=O)c1ccc(F)cc1. The van der Waals surface area contributed by atoms with E-state index in [1.165, 1.54) is 12.1 Å². The lowest BCUT2D eigenvalue weighted by atomic mass is 10.0. The summed E-state index contributed by atoms with van der Waals surface area (Å²) in [7, 11) is -4.19. The Balaban J connectivity index is 1.37. The average Bonchev–Trinajstić information content (AvgIpc) is 3.29. The summed E-state index contributed by atoms with van der Waals surface area (Å²) < 4.78 is 98.1. The summed E-state index contributed by atoms with van der Waals surface area (Å²) in [4.78, 5) is 12.7. The Bertz CT molecular complexity index is 1380. The first-order valence-corrected chi connectivity index (χ1v) is 13.2. The first-order valence-electron chi connectivity index (χ1n) is 11.8. The number of hydrogen-bond acceptors (Lipinski definition) is 4. The number of carbonyl (C=O) groups is 1. The molecule has 0 spiro atoms. The van der Waals surface area contributed by atoms with Gasteiger partial charge in [-0.05, 0) is 66.1 Å². The minimum Gasteiger partial charge on any atom is -0.489 e. The van der Waals surface area contributed by atoms with Crippen molar-refractivity contribution in [3.05, 3.63) is 95.3 Å². The zero-order valence-corrected chi connectivity index (χ0v) is 20.8. The summed E-state index contributed by atoms with van der Waals surface area (Å²) in [6.45, 7) is -0.417. The number of hydrogen-bond donors (Lipinski definition) is 0. The van der Waals surface area contributed by atoms with Crippen LogP contribution in [0.1, 0.15) is 29.5 Å². The first-order chi connectivity index (χ1) is 17.9. The minimum atomic E-state index is -4.42. The predicted molar refractivity (Wildman–Crippen MR) is 129 cm³/mol. The highest BCUT2D eigenvalue weighted by Crippen LogP contribution is 2.31. The van der Waals surface area contributed by atoms with Gasteiger partial charge in [-0.15, -0.1) is 0 Å². The number of aryl methyl sites for hydroxylation is 1. The Hall–Kier alpha value is -3.31. The van der Waals surface area contributed by atoms with Crippen LogP contribution in [0, 0.1) is 5.82 Å². The van der Waals surface area contributed by atoms with Crippen molar-refractivity contribution in [2.24, 2.45) is 0 Å². The largest absolute Gasteiger partial charge is 0.489 e. The maximum absolute atomic E-state index is 14.2. The molecule has 0 bridgehead atoms. The van der Waals surface area contributed by atoms with Gasteiger partial charge in [0.05, 0.1) is 16.5 Å². The Morgan fingerprint density at radius 1 is 0.974 bits per heavy atom. The zero-order chi connectivity index (χ0) is 27.5. The molecule has 0 aromatic heterocycles. The normalized spacial score (nSPS) is 18.4. The van der Waals surface area contributed by atoms with E-state index in [1.807, 2.05) is 0 Å². The van der Waals surface area contributed by atoms with Crippen LogP contribution in [0.5, 0.6) is 5.75 Å². The van der Waals surface area contributed by atoms with Crippen molar-refractivity contribution in [2.45, 2.75) is 49.2 Å². The molecule has 1 aliphatic heterocycles. The molecule has 0 N–H and O–H groups in total. The van der Waals surface area contributed by atoms with Gasteiger partial charge in [0.1, 0.15) is 24.3 Å². The number of ether oxygens (including phenoxy) is 1. The average molecular weight is 554 g/mol. The van der Waals surface area contributed by atoms with E-state index < -0.39 is 52.1 Å². The van der Waals surface area contributed by atoms with E-state index in [0.717, 1.165) is 40.7 Å². The van der Waals surface area contributed by atoms with Gasteiger partial charge in [0.15, 0.2) is 5.78 Å². The number of Topliss-reactive ketones (excluding diaryl/α,β-unsaturated/α-hetero) is 1. The lowest BCUT2D eigenvalue weighted by Crippen LogP contribution is -2.40. The van der Waals surface area contributed by atoms with Crippen LogP contribution in [0.15, 0.2) is 77.7 Å². The molecule has 1 aliphatic rings. The summed E-state index contributed by atoms with van der Waals surface area (Å²) in [5.41, 5.74) is 0.507. The van der Waals surface area contributed by atoms with Gasteiger partial charge in [-0.3, -0.25) is 4.79 Å². The molecule has 38 heavy (non-hydrogen) atoms. The van der Waals surface area contributed by atoms with E-state index in [2.05, 4.69) is 0 Å². The molecular weight excluding hydrogens is 529 g/mol. The molecule has 1 heterocycles. The molecule has 1 saturated heterocycles. The smallest absolute Gasteiger partial charge is 0.416 e.